The van der Waals surface area contributed by atoms with Gasteiger partial charge >= 0.3 is 0 Å². The molecule has 4 heteroatoms. The Bertz CT molecular complexity index is 2660. The molecule has 0 fully saturated rings. The molecule has 4 nitrogen and oxygen atoms in total. The van der Waals surface area contributed by atoms with E-state index in [1.165, 1.54) is 54.2 Å². The second-order valence-corrected chi connectivity index (χ2v) is 13.0. The van der Waals surface area contributed by atoms with Crippen LogP contribution in [0.1, 0.15) is 29.7 Å². The molecule has 2 atom stereocenters. The molecule has 9 rings (SSSR count). The van der Waals surface area contributed by atoms with Crippen molar-refractivity contribution in [3.05, 3.63) is 180 Å². The van der Waals surface area contributed by atoms with E-state index in [9.17, 15) is 0 Å². The van der Waals surface area contributed by atoms with E-state index in [0.29, 0.717) is 0 Å². The van der Waals surface area contributed by atoms with Crippen molar-refractivity contribution in [3.63, 3.8) is 0 Å². The van der Waals surface area contributed by atoms with Crippen LogP contribution < -0.4 is 16.4 Å². The number of nitrogens with one attached hydrogen (secondary N) is 3. The van der Waals surface area contributed by atoms with Gasteiger partial charge in [0.1, 0.15) is 0 Å². The van der Waals surface area contributed by atoms with Crippen LogP contribution in [0, 0.1) is 0 Å². The maximum atomic E-state index is 6.71. The third-order valence-electron chi connectivity index (χ3n) is 10.1. The molecular weight excluding hydrogens is 597 g/mol. The quantitative estimate of drug-likeness (QED) is 0.113. The van der Waals surface area contributed by atoms with Gasteiger partial charge in [0.2, 0.25) is 0 Å². The van der Waals surface area contributed by atoms with Gasteiger partial charge < -0.3 is 16.0 Å². The fraction of sp³-hybridized carbons (Fsp3) is 0.0667. The first-order valence-corrected chi connectivity index (χ1v) is 16.9. The molecule has 5 N–H and O–H groups in total. The van der Waals surface area contributed by atoms with Gasteiger partial charge in [-0.1, -0.05) is 121 Å². The Balaban J connectivity index is 1.21. The Hall–Kier alpha value is -6.10. The first-order chi connectivity index (χ1) is 24.1. The summed E-state index contributed by atoms with van der Waals surface area (Å²) in [6.45, 7) is 2.17. The fourth-order valence-electron chi connectivity index (χ4n) is 7.58. The molecule has 0 radical (unpaired) electrons. The van der Waals surface area contributed by atoms with Crippen LogP contribution in [0.25, 0.3) is 65.4 Å². The molecule has 1 aromatic heterocycles. The molecule has 49 heavy (non-hydrogen) atoms. The molecule has 2 heterocycles. The Kier molecular flexibility index (Phi) is 7.03. The molecule has 0 amide bonds. The summed E-state index contributed by atoms with van der Waals surface area (Å²) in [7, 11) is 0. The van der Waals surface area contributed by atoms with Gasteiger partial charge in [0.25, 0.3) is 0 Å². The number of para-hydroxylation sites is 1. The predicted octanol–water partition coefficient (Wildman–Crippen LogP) is 10.3. The highest BCUT2D eigenvalue weighted by molar-refractivity contribution is 6.12. The lowest BCUT2D eigenvalue weighted by atomic mass is 9.89. The summed E-state index contributed by atoms with van der Waals surface area (Å²) in [6.07, 6.45) is 8.34. The standard InChI is InChI=1S/C45H36N4/c1-28(21-22-41(46)38-20-10-13-29-23-24-47-44(29)38)45-48-42(39-25-30-11-2-4-14-32(30)34-16-6-8-18-36(34)39)27-43(49-45)40-26-31-12-3-5-15-33(31)35-17-7-9-19-37(35)40/h2-27,42,45,47-49H,46H2,1H3/b28-21+,41-22-. The van der Waals surface area contributed by atoms with Crippen molar-refractivity contribution in [3.8, 4) is 0 Å². The topological polar surface area (TPSA) is 65.9 Å². The van der Waals surface area contributed by atoms with E-state index in [4.69, 9.17) is 5.73 Å². The summed E-state index contributed by atoms with van der Waals surface area (Å²) in [5, 5.41) is 19.0. The Morgan fingerprint density at radius 1 is 0.612 bits per heavy atom. The minimum Gasteiger partial charge on any atom is -0.398 e. The van der Waals surface area contributed by atoms with E-state index in [0.717, 1.165) is 33.4 Å². The summed E-state index contributed by atoms with van der Waals surface area (Å²) in [5.74, 6) is 0. The Morgan fingerprint density at radius 2 is 1.22 bits per heavy atom. The summed E-state index contributed by atoms with van der Waals surface area (Å²) in [5.41, 5.74) is 14.2. The summed E-state index contributed by atoms with van der Waals surface area (Å²) in [4.78, 5) is 3.35. The minimum atomic E-state index is -0.147. The number of fused-ring (bicyclic) bond motifs is 7. The molecule has 0 spiro atoms. The number of hydrogen-bond donors (Lipinski definition) is 4. The van der Waals surface area contributed by atoms with E-state index < -0.39 is 0 Å². The Labute approximate surface area is 285 Å². The van der Waals surface area contributed by atoms with Crippen molar-refractivity contribution < 1.29 is 0 Å². The summed E-state index contributed by atoms with van der Waals surface area (Å²) >= 11 is 0. The van der Waals surface area contributed by atoms with Crippen molar-refractivity contribution in [1.82, 2.24) is 15.6 Å². The molecular formula is C45H36N4. The highest BCUT2D eigenvalue weighted by Crippen LogP contribution is 2.38. The molecule has 0 saturated heterocycles. The largest absolute Gasteiger partial charge is 0.398 e. The van der Waals surface area contributed by atoms with Crippen molar-refractivity contribution in [2.45, 2.75) is 19.1 Å². The lowest BCUT2D eigenvalue weighted by Crippen LogP contribution is -2.47. The van der Waals surface area contributed by atoms with E-state index in [1.54, 1.807) is 0 Å². The molecule has 0 bridgehead atoms. The number of rotatable bonds is 5. The SMILES string of the molecule is C/C(=C\C=C(/N)c1cccc2cc[nH]c12)C1NC(c2cc3ccccc3c3ccccc23)=CC(c2cc3ccccc3c3ccccc23)N1. The van der Waals surface area contributed by atoms with E-state index in [2.05, 4.69) is 168 Å². The maximum Gasteiger partial charge on any atom is 0.0998 e. The first-order valence-electron chi connectivity index (χ1n) is 16.9. The van der Waals surface area contributed by atoms with E-state index in [-0.39, 0.29) is 12.2 Å². The Morgan fingerprint density at radius 3 is 1.98 bits per heavy atom. The minimum absolute atomic E-state index is 0.0571. The number of aromatic nitrogens is 1. The molecule has 1 aliphatic heterocycles. The second kappa shape index (κ2) is 11.9. The van der Waals surface area contributed by atoms with Crippen LogP contribution in [0.2, 0.25) is 0 Å². The molecule has 0 saturated carbocycles. The highest BCUT2D eigenvalue weighted by atomic mass is 15.2. The van der Waals surface area contributed by atoms with Gasteiger partial charge in [-0.3, -0.25) is 5.32 Å². The maximum absolute atomic E-state index is 6.71. The van der Waals surface area contributed by atoms with Crippen molar-refractivity contribution in [2.24, 2.45) is 5.73 Å². The number of benzene rings is 7. The third-order valence-corrected chi connectivity index (χ3v) is 10.1. The zero-order valence-electron chi connectivity index (χ0n) is 27.2. The summed E-state index contributed by atoms with van der Waals surface area (Å²) < 4.78 is 0. The lowest BCUT2D eigenvalue weighted by Gasteiger charge is -2.34. The number of nitrogens with two attached hydrogens (primary N) is 1. The average Bonchev–Trinajstić information content (AvgIpc) is 3.65. The van der Waals surface area contributed by atoms with Gasteiger partial charge in [-0.2, -0.15) is 0 Å². The summed E-state index contributed by atoms with van der Waals surface area (Å²) in [6, 6.07) is 47.8. The highest BCUT2D eigenvalue weighted by Gasteiger charge is 2.26. The normalized spacial score (nSPS) is 17.2. The predicted molar refractivity (Wildman–Crippen MR) is 208 cm³/mol. The van der Waals surface area contributed by atoms with Gasteiger partial charge in [0.05, 0.1) is 17.7 Å². The molecule has 0 aliphatic carbocycles. The molecule has 7 aromatic carbocycles. The van der Waals surface area contributed by atoms with Crippen LogP contribution in [0.15, 0.2) is 163 Å². The molecule has 8 aromatic rings. The van der Waals surface area contributed by atoms with Crippen LogP contribution in [-0.4, -0.2) is 11.1 Å². The van der Waals surface area contributed by atoms with Crippen molar-refractivity contribution in [1.29, 1.82) is 0 Å². The zero-order valence-corrected chi connectivity index (χ0v) is 27.2. The number of hydrogen-bond acceptors (Lipinski definition) is 3. The van der Waals surface area contributed by atoms with Crippen LogP contribution in [0.5, 0.6) is 0 Å². The monoisotopic (exact) mass is 632 g/mol. The van der Waals surface area contributed by atoms with Gasteiger partial charge in [0, 0.05) is 34.1 Å². The van der Waals surface area contributed by atoms with Gasteiger partial charge in [-0.05, 0) is 91.5 Å². The molecule has 1 aliphatic rings. The average molecular weight is 633 g/mol. The molecule has 2 unspecified atom stereocenters. The first kappa shape index (κ1) is 29.1. The fourth-order valence-corrected chi connectivity index (χ4v) is 7.58. The zero-order chi connectivity index (χ0) is 32.9. The number of H-pyrrole nitrogens is 1. The van der Waals surface area contributed by atoms with Gasteiger partial charge in [-0.25, -0.2) is 0 Å². The van der Waals surface area contributed by atoms with Gasteiger partial charge in [-0.15, -0.1) is 0 Å². The van der Waals surface area contributed by atoms with E-state index >= 15 is 0 Å². The number of allylic oxidation sites excluding steroid dienone is 2. The van der Waals surface area contributed by atoms with Crippen molar-refractivity contribution in [2.75, 3.05) is 0 Å². The van der Waals surface area contributed by atoms with Crippen LogP contribution in [-0.2, 0) is 0 Å². The van der Waals surface area contributed by atoms with E-state index in [1.807, 2.05) is 12.3 Å². The van der Waals surface area contributed by atoms with Crippen molar-refractivity contribution >= 4 is 65.4 Å². The van der Waals surface area contributed by atoms with Crippen LogP contribution >= 0.6 is 0 Å². The number of aromatic amines is 1. The van der Waals surface area contributed by atoms with Gasteiger partial charge in [0.15, 0.2) is 0 Å². The lowest BCUT2D eigenvalue weighted by molar-refractivity contribution is 0.477. The molecule has 236 valence electrons. The third kappa shape index (κ3) is 5.05. The second-order valence-electron chi connectivity index (χ2n) is 13.0. The van der Waals surface area contributed by atoms with Crippen LogP contribution in [0.3, 0.4) is 0 Å². The smallest absolute Gasteiger partial charge is 0.0998 e. The van der Waals surface area contributed by atoms with Crippen LogP contribution in [0.4, 0.5) is 0 Å².